The molecule has 0 spiro atoms. The van der Waals surface area contributed by atoms with Crippen molar-refractivity contribution < 1.29 is 13.9 Å². The normalized spacial score (nSPS) is 10.6. The van der Waals surface area contributed by atoms with Gasteiger partial charge in [0.2, 0.25) is 0 Å². The lowest BCUT2D eigenvalue weighted by molar-refractivity contribution is 0.102. The van der Waals surface area contributed by atoms with Gasteiger partial charge in [-0.15, -0.1) is 11.3 Å². The highest BCUT2D eigenvalue weighted by Gasteiger charge is 2.18. The molecule has 0 saturated heterocycles. The van der Waals surface area contributed by atoms with Crippen LogP contribution in [-0.2, 0) is 0 Å². The number of pyridine rings is 1. The van der Waals surface area contributed by atoms with Gasteiger partial charge in [-0.25, -0.2) is 4.98 Å². The number of hydrogen-bond acceptors (Lipinski definition) is 6. The van der Waals surface area contributed by atoms with Crippen molar-refractivity contribution >= 4 is 22.9 Å². The van der Waals surface area contributed by atoms with Gasteiger partial charge in [-0.2, -0.15) is 0 Å². The summed E-state index contributed by atoms with van der Waals surface area (Å²) in [4.78, 5) is 22.0. The van der Waals surface area contributed by atoms with Crippen LogP contribution in [0.15, 0.2) is 65.5 Å². The Bertz CT molecular complexity index is 1110. The molecule has 28 heavy (non-hydrogen) atoms. The molecule has 0 atom stereocenters. The fourth-order valence-corrected chi connectivity index (χ4v) is 3.56. The Balaban J connectivity index is 1.50. The molecule has 1 N–H and O–H groups in total. The van der Waals surface area contributed by atoms with Gasteiger partial charge < -0.3 is 14.5 Å². The fourth-order valence-electron chi connectivity index (χ4n) is 2.68. The number of thiazole rings is 1. The minimum absolute atomic E-state index is 0.258. The lowest BCUT2D eigenvalue weighted by Crippen LogP contribution is -2.13. The third-order valence-electron chi connectivity index (χ3n) is 4.04. The first-order chi connectivity index (χ1) is 13.6. The molecule has 3 aromatic heterocycles. The van der Waals surface area contributed by atoms with E-state index in [4.69, 9.17) is 9.15 Å². The molecule has 0 aliphatic carbocycles. The van der Waals surface area contributed by atoms with Gasteiger partial charge in [0.05, 0.1) is 12.5 Å². The number of nitrogens with one attached hydrogen (secondary N) is 1. The van der Waals surface area contributed by atoms with Crippen LogP contribution in [0.1, 0.15) is 20.9 Å². The topological polar surface area (TPSA) is 77.2 Å². The number of anilines is 1. The second-order valence-electron chi connectivity index (χ2n) is 6.13. The molecular formula is C21H17N3O3S. The summed E-state index contributed by atoms with van der Waals surface area (Å²) in [5, 5.41) is 3.58. The molecule has 0 radical (unpaired) electrons. The summed E-state index contributed by atoms with van der Waals surface area (Å²) in [5.41, 5.74) is 1.96. The standard InChI is InChI=1S/C21H17N3O3S/c1-13-11-15(7-8-17(13)27-16-5-3-9-22-12-16)23-20(25)19-14(2)28-21(24-19)18-6-4-10-26-18/h3-12H,1-2H3,(H,23,25). The van der Waals surface area contributed by atoms with Crippen LogP contribution in [0.4, 0.5) is 5.69 Å². The molecule has 0 unspecified atom stereocenters. The summed E-state index contributed by atoms with van der Waals surface area (Å²) in [5.74, 6) is 1.76. The summed E-state index contributed by atoms with van der Waals surface area (Å²) >= 11 is 1.43. The number of benzene rings is 1. The van der Waals surface area contributed by atoms with Gasteiger partial charge in [-0.3, -0.25) is 9.78 Å². The first-order valence-electron chi connectivity index (χ1n) is 8.61. The molecule has 0 bridgehead atoms. The maximum absolute atomic E-state index is 12.7. The van der Waals surface area contributed by atoms with E-state index in [-0.39, 0.29) is 5.91 Å². The van der Waals surface area contributed by atoms with E-state index >= 15 is 0 Å². The van der Waals surface area contributed by atoms with Crippen LogP contribution in [0.25, 0.3) is 10.8 Å². The minimum atomic E-state index is -0.258. The number of aryl methyl sites for hydroxylation is 2. The van der Waals surface area contributed by atoms with Crippen LogP contribution < -0.4 is 10.1 Å². The van der Waals surface area contributed by atoms with Gasteiger partial charge in [0, 0.05) is 16.8 Å². The smallest absolute Gasteiger partial charge is 0.275 e. The zero-order chi connectivity index (χ0) is 19.5. The average molecular weight is 391 g/mol. The lowest BCUT2D eigenvalue weighted by Gasteiger charge is -2.10. The van der Waals surface area contributed by atoms with Crippen LogP contribution in [0.2, 0.25) is 0 Å². The molecule has 4 aromatic rings. The highest BCUT2D eigenvalue weighted by Crippen LogP contribution is 2.30. The van der Waals surface area contributed by atoms with Gasteiger partial charge in [-0.05, 0) is 61.9 Å². The third-order valence-corrected chi connectivity index (χ3v) is 5.02. The van der Waals surface area contributed by atoms with Crippen molar-refractivity contribution in [1.82, 2.24) is 9.97 Å². The molecule has 1 aromatic carbocycles. The van der Waals surface area contributed by atoms with Crippen LogP contribution in [0, 0.1) is 13.8 Å². The number of hydrogen-bond donors (Lipinski definition) is 1. The average Bonchev–Trinajstić information content (AvgIpc) is 3.34. The van der Waals surface area contributed by atoms with Gasteiger partial charge in [0.25, 0.3) is 5.91 Å². The molecule has 7 heteroatoms. The molecule has 0 saturated carbocycles. The molecule has 1 amide bonds. The van der Waals surface area contributed by atoms with Crippen molar-refractivity contribution in [3.8, 4) is 22.3 Å². The second-order valence-corrected chi connectivity index (χ2v) is 7.33. The molecule has 4 rings (SSSR count). The van der Waals surface area contributed by atoms with E-state index in [1.54, 1.807) is 30.8 Å². The van der Waals surface area contributed by atoms with E-state index in [0.717, 1.165) is 10.4 Å². The maximum atomic E-state index is 12.7. The Morgan fingerprint density at radius 3 is 2.79 bits per heavy atom. The monoisotopic (exact) mass is 391 g/mol. The molecule has 6 nitrogen and oxygen atoms in total. The van der Waals surface area contributed by atoms with Crippen molar-refractivity contribution in [3.05, 3.63) is 77.3 Å². The summed E-state index contributed by atoms with van der Waals surface area (Å²) in [6.07, 6.45) is 4.93. The Hall–Kier alpha value is -3.45. The third kappa shape index (κ3) is 3.79. The van der Waals surface area contributed by atoms with Crippen LogP contribution in [-0.4, -0.2) is 15.9 Å². The Morgan fingerprint density at radius 2 is 2.07 bits per heavy atom. The zero-order valence-corrected chi connectivity index (χ0v) is 16.1. The van der Waals surface area contributed by atoms with E-state index in [2.05, 4.69) is 15.3 Å². The number of carbonyl (C=O) groups excluding carboxylic acids is 1. The molecular weight excluding hydrogens is 374 g/mol. The first-order valence-corrected chi connectivity index (χ1v) is 9.43. The van der Waals surface area contributed by atoms with Crippen LogP contribution in [0.3, 0.4) is 0 Å². The Morgan fingerprint density at radius 1 is 1.18 bits per heavy atom. The van der Waals surface area contributed by atoms with Gasteiger partial charge in [-0.1, -0.05) is 0 Å². The summed E-state index contributed by atoms with van der Waals surface area (Å²) in [7, 11) is 0. The SMILES string of the molecule is Cc1cc(NC(=O)c2nc(-c3ccco3)sc2C)ccc1Oc1cccnc1. The maximum Gasteiger partial charge on any atom is 0.275 e. The number of aromatic nitrogens is 2. The van der Waals surface area contributed by atoms with Gasteiger partial charge in [0.15, 0.2) is 10.8 Å². The van der Waals surface area contributed by atoms with Crippen LogP contribution in [0.5, 0.6) is 11.5 Å². The molecule has 0 fully saturated rings. The van der Waals surface area contributed by atoms with Crippen molar-refractivity contribution in [3.63, 3.8) is 0 Å². The zero-order valence-electron chi connectivity index (χ0n) is 15.3. The number of carbonyl (C=O) groups is 1. The van der Waals surface area contributed by atoms with Crippen LogP contribution >= 0.6 is 11.3 Å². The number of ether oxygens (including phenoxy) is 1. The highest BCUT2D eigenvalue weighted by molar-refractivity contribution is 7.15. The predicted octanol–water partition coefficient (Wildman–Crippen LogP) is 5.46. The number of furan rings is 1. The minimum Gasteiger partial charge on any atom is -0.462 e. The quantitative estimate of drug-likeness (QED) is 0.489. The molecule has 0 aliphatic rings. The van der Waals surface area contributed by atoms with E-state index < -0.39 is 0 Å². The first kappa shape index (κ1) is 17.9. The fraction of sp³-hybridized carbons (Fsp3) is 0.0952. The van der Waals surface area contributed by atoms with Gasteiger partial charge >= 0.3 is 0 Å². The highest BCUT2D eigenvalue weighted by atomic mass is 32.1. The Labute approximate surface area is 165 Å². The van der Waals surface area contributed by atoms with E-state index in [1.165, 1.54) is 11.3 Å². The molecule has 140 valence electrons. The molecule has 0 aliphatic heterocycles. The number of nitrogens with zero attached hydrogens (tertiary/aromatic N) is 2. The van der Waals surface area contributed by atoms with Crippen molar-refractivity contribution in [2.45, 2.75) is 13.8 Å². The lowest BCUT2D eigenvalue weighted by atomic mass is 10.2. The van der Waals surface area contributed by atoms with Crippen molar-refractivity contribution in [2.75, 3.05) is 5.32 Å². The molecule has 3 heterocycles. The van der Waals surface area contributed by atoms with Gasteiger partial charge in [0.1, 0.15) is 17.2 Å². The van der Waals surface area contributed by atoms with Crippen molar-refractivity contribution in [2.24, 2.45) is 0 Å². The summed E-state index contributed by atoms with van der Waals surface area (Å²) in [6, 6.07) is 12.7. The number of amides is 1. The number of rotatable bonds is 5. The van der Waals surface area contributed by atoms with Crippen molar-refractivity contribution in [1.29, 1.82) is 0 Å². The Kier molecular flexibility index (Phi) is 4.90. The largest absolute Gasteiger partial charge is 0.462 e. The van der Waals surface area contributed by atoms with E-state index in [0.29, 0.717) is 33.6 Å². The van der Waals surface area contributed by atoms with E-state index in [1.807, 2.05) is 44.2 Å². The summed E-state index contributed by atoms with van der Waals surface area (Å²) < 4.78 is 11.2. The predicted molar refractivity (Wildman–Crippen MR) is 108 cm³/mol. The second kappa shape index (κ2) is 7.66. The van der Waals surface area contributed by atoms with E-state index in [9.17, 15) is 4.79 Å². The summed E-state index contributed by atoms with van der Waals surface area (Å²) in [6.45, 7) is 3.79.